The van der Waals surface area contributed by atoms with Crippen LogP contribution in [-0.2, 0) is 11.2 Å². The first kappa shape index (κ1) is 16.3. The lowest BCUT2D eigenvalue weighted by Gasteiger charge is -2.19. The van der Waals surface area contributed by atoms with Crippen molar-refractivity contribution in [2.45, 2.75) is 26.7 Å². The molecule has 1 amide bonds. The van der Waals surface area contributed by atoms with Gasteiger partial charge >= 0.3 is 0 Å². The molecule has 4 nitrogen and oxygen atoms in total. The van der Waals surface area contributed by atoms with Gasteiger partial charge in [-0.05, 0) is 54.7 Å². The van der Waals surface area contributed by atoms with Crippen molar-refractivity contribution in [2.24, 2.45) is 0 Å². The van der Waals surface area contributed by atoms with Crippen molar-refractivity contribution in [1.29, 1.82) is 0 Å². The quantitative estimate of drug-likeness (QED) is 0.765. The minimum atomic E-state index is 0.0915. The lowest BCUT2D eigenvalue weighted by molar-refractivity contribution is -0.116. The predicted octanol–water partition coefficient (Wildman–Crippen LogP) is 4.43. The van der Waals surface area contributed by atoms with Crippen molar-refractivity contribution in [2.75, 3.05) is 5.32 Å². The number of carbonyl (C=O) groups excluding carboxylic acids is 1. The molecule has 0 radical (unpaired) electrons. The van der Waals surface area contributed by atoms with E-state index in [0.29, 0.717) is 6.42 Å². The molecule has 0 bridgehead atoms. The first-order chi connectivity index (χ1) is 12.6. The maximum Gasteiger partial charge on any atom is 0.224 e. The molecule has 1 aliphatic heterocycles. The minimum absolute atomic E-state index is 0.0915. The second-order valence-electron chi connectivity index (χ2n) is 6.79. The van der Waals surface area contributed by atoms with Crippen LogP contribution in [0.25, 0.3) is 11.8 Å². The molecule has 3 aromatic rings. The zero-order valence-electron chi connectivity index (χ0n) is 15.0. The van der Waals surface area contributed by atoms with Gasteiger partial charge in [-0.1, -0.05) is 29.8 Å². The monoisotopic (exact) mass is 343 g/mol. The van der Waals surface area contributed by atoms with Crippen molar-refractivity contribution in [1.82, 2.24) is 9.55 Å². The Bertz CT molecular complexity index is 1000. The normalized spacial score (nSPS) is 14.1. The number of anilines is 1. The molecule has 2 heterocycles. The van der Waals surface area contributed by atoms with Gasteiger partial charge in [-0.15, -0.1) is 0 Å². The van der Waals surface area contributed by atoms with Crippen LogP contribution in [0.2, 0.25) is 0 Å². The molecule has 4 rings (SSSR count). The number of fused-ring (bicyclic) bond motifs is 1. The average molecular weight is 343 g/mol. The van der Waals surface area contributed by atoms with Crippen LogP contribution in [0.1, 0.15) is 34.2 Å². The summed E-state index contributed by atoms with van der Waals surface area (Å²) in [5.74, 6) is 0.0915. The Balaban J connectivity index is 1.85. The molecule has 1 aromatic heterocycles. The van der Waals surface area contributed by atoms with Gasteiger partial charge < -0.3 is 9.88 Å². The second kappa shape index (κ2) is 6.64. The Hall–Kier alpha value is -3.14. The summed E-state index contributed by atoms with van der Waals surface area (Å²) in [5.41, 5.74) is 8.07. The van der Waals surface area contributed by atoms with E-state index in [9.17, 15) is 4.79 Å². The number of hydrogen-bond donors (Lipinski definition) is 1. The van der Waals surface area contributed by atoms with Crippen molar-refractivity contribution >= 4 is 23.4 Å². The van der Waals surface area contributed by atoms with Gasteiger partial charge in [-0.2, -0.15) is 0 Å². The number of carbonyl (C=O) groups is 1. The highest BCUT2D eigenvalue weighted by Crippen LogP contribution is 2.32. The summed E-state index contributed by atoms with van der Waals surface area (Å²) in [4.78, 5) is 15.8. The molecule has 2 aromatic carbocycles. The van der Waals surface area contributed by atoms with E-state index >= 15 is 0 Å². The first-order valence-corrected chi connectivity index (χ1v) is 8.80. The summed E-state index contributed by atoms with van der Waals surface area (Å²) in [6.45, 7) is 4.25. The fraction of sp³-hybridized carbons (Fsp3) is 0.182. The Morgan fingerprint density at radius 2 is 2.04 bits per heavy atom. The molecule has 0 saturated carbocycles. The highest BCUT2D eigenvalue weighted by molar-refractivity contribution is 5.95. The standard InChI is InChI=1S/C22H21N3O/c1-15-3-6-19(16(2)11-15)20(13-25-10-9-23-14-25)17-4-7-21-18(12-17)5-8-22(26)24-21/h3-4,6-7,9-14H,5,8H2,1-2H3,(H,24,26)/b20-13+. The molecule has 0 aliphatic carbocycles. The number of nitrogens with one attached hydrogen (secondary N) is 1. The van der Waals surface area contributed by atoms with E-state index in [1.54, 1.807) is 12.5 Å². The number of benzene rings is 2. The average Bonchev–Trinajstić information content (AvgIpc) is 3.13. The number of nitrogens with zero attached hydrogens (tertiary/aromatic N) is 2. The maximum atomic E-state index is 11.6. The van der Waals surface area contributed by atoms with Crippen LogP contribution in [0.15, 0.2) is 55.1 Å². The smallest absolute Gasteiger partial charge is 0.224 e. The maximum absolute atomic E-state index is 11.6. The summed E-state index contributed by atoms with van der Waals surface area (Å²) in [6, 6.07) is 12.8. The number of aryl methyl sites for hydroxylation is 3. The highest BCUT2D eigenvalue weighted by atomic mass is 16.1. The van der Waals surface area contributed by atoms with Gasteiger partial charge in [0.2, 0.25) is 5.91 Å². The van der Waals surface area contributed by atoms with Crippen LogP contribution in [0.4, 0.5) is 5.69 Å². The summed E-state index contributed by atoms with van der Waals surface area (Å²) in [5, 5.41) is 2.96. The number of amides is 1. The second-order valence-corrected chi connectivity index (χ2v) is 6.79. The van der Waals surface area contributed by atoms with E-state index in [1.807, 2.05) is 16.8 Å². The van der Waals surface area contributed by atoms with E-state index in [-0.39, 0.29) is 5.91 Å². The van der Waals surface area contributed by atoms with Crippen LogP contribution in [0.5, 0.6) is 0 Å². The van der Waals surface area contributed by atoms with Crippen molar-refractivity contribution < 1.29 is 4.79 Å². The summed E-state index contributed by atoms with van der Waals surface area (Å²) < 4.78 is 1.97. The molecular weight excluding hydrogens is 322 g/mol. The van der Waals surface area contributed by atoms with Crippen molar-refractivity contribution in [3.05, 3.63) is 82.9 Å². The van der Waals surface area contributed by atoms with Gasteiger partial charge in [0.15, 0.2) is 0 Å². The zero-order valence-corrected chi connectivity index (χ0v) is 15.0. The molecule has 0 fully saturated rings. The summed E-state index contributed by atoms with van der Waals surface area (Å²) >= 11 is 0. The van der Waals surface area contributed by atoms with Crippen molar-refractivity contribution in [3.63, 3.8) is 0 Å². The Morgan fingerprint density at radius 1 is 1.15 bits per heavy atom. The Morgan fingerprint density at radius 3 is 2.81 bits per heavy atom. The molecule has 26 heavy (non-hydrogen) atoms. The molecule has 1 aliphatic rings. The van der Waals surface area contributed by atoms with Gasteiger partial charge in [0, 0.05) is 36.3 Å². The fourth-order valence-corrected chi connectivity index (χ4v) is 3.46. The van der Waals surface area contributed by atoms with E-state index in [2.05, 4.69) is 60.7 Å². The van der Waals surface area contributed by atoms with Gasteiger partial charge in [0.1, 0.15) is 0 Å². The van der Waals surface area contributed by atoms with Gasteiger partial charge in [0.25, 0.3) is 0 Å². The number of hydrogen-bond acceptors (Lipinski definition) is 2. The van der Waals surface area contributed by atoms with Crippen LogP contribution in [0.3, 0.4) is 0 Å². The van der Waals surface area contributed by atoms with Gasteiger partial charge in [0.05, 0.1) is 6.33 Å². The summed E-state index contributed by atoms with van der Waals surface area (Å²) in [6.07, 6.45) is 8.93. The van der Waals surface area contributed by atoms with Gasteiger partial charge in [-0.3, -0.25) is 4.79 Å². The van der Waals surface area contributed by atoms with Crippen molar-refractivity contribution in [3.8, 4) is 0 Å². The third-order valence-electron chi connectivity index (χ3n) is 4.79. The number of imidazole rings is 1. The molecular formula is C22H21N3O. The van der Waals surface area contributed by atoms with E-state index in [0.717, 1.165) is 23.2 Å². The first-order valence-electron chi connectivity index (χ1n) is 8.80. The topological polar surface area (TPSA) is 46.9 Å². The highest BCUT2D eigenvalue weighted by Gasteiger charge is 2.17. The van der Waals surface area contributed by atoms with Crippen LogP contribution >= 0.6 is 0 Å². The SMILES string of the molecule is Cc1ccc(/C(=C/n2ccnc2)c2ccc3c(c2)CCC(=O)N3)c(C)c1. The molecule has 0 atom stereocenters. The number of rotatable bonds is 3. The lowest BCUT2D eigenvalue weighted by Crippen LogP contribution is -2.18. The molecule has 0 saturated heterocycles. The summed E-state index contributed by atoms with van der Waals surface area (Å²) in [7, 11) is 0. The molecule has 4 heteroatoms. The third-order valence-corrected chi connectivity index (χ3v) is 4.79. The predicted molar refractivity (Wildman–Crippen MR) is 105 cm³/mol. The zero-order chi connectivity index (χ0) is 18.1. The van der Waals surface area contributed by atoms with Crippen LogP contribution < -0.4 is 5.32 Å². The van der Waals surface area contributed by atoms with Crippen LogP contribution in [0, 0.1) is 13.8 Å². The molecule has 0 spiro atoms. The minimum Gasteiger partial charge on any atom is -0.326 e. The van der Waals surface area contributed by atoms with E-state index in [1.165, 1.54) is 22.3 Å². The number of aromatic nitrogens is 2. The fourth-order valence-electron chi connectivity index (χ4n) is 3.46. The molecule has 130 valence electrons. The molecule has 1 N–H and O–H groups in total. The largest absolute Gasteiger partial charge is 0.326 e. The lowest BCUT2D eigenvalue weighted by atomic mass is 9.91. The third kappa shape index (κ3) is 3.18. The van der Waals surface area contributed by atoms with E-state index < -0.39 is 0 Å². The van der Waals surface area contributed by atoms with Gasteiger partial charge in [-0.25, -0.2) is 4.98 Å². The molecule has 0 unspecified atom stereocenters. The Labute approximate surface area is 153 Å². The Kier molecular flexibility index (Phi) is 4.17. The van der Waals surface area contributed by atoms with E-state index in [4.69, 9.17) is 0 Å². The van der Waals surface area contributed by atoms with Crippen LogP contribution in [-0.4, -0.2) is 15.5 Å².